The molecule has 0 aliphatic heterocycles. The van der Waals surface area contributed by atoms with Crippen molar-refractivity contribution in [1.29, 1.82) is 0 Å². The second-order valence-corrected chi connectivity index (χ2v) is 4.41. The highest BCUT2D eigenvalue weighted by Gasteiger charge is 2.23. The second kappa shape index (κ2) is 5.03. The number of hydrogen-bond acceptors (Lipinski definition) is 3. The van der Waals surface area contributed by atoms with Gasteiger partial charge in [-0.15, -0.1) is 0 Å². The van der Waals surface area contributed by atoms with Crippen molar-refractivity contribution in [1.82, 2.24) is 4.90 Å². The van der Waals surface area contributed by atoms with Crippen LogP contribution in [0.25, 0.3) is 0 Å². The summed E-state index contributed by atoms with van der Waals surface area (Å²) in [6.07, 6.45) is 1.07. The lowest BCUT2D eigenvalue weighted by Crippen LogP contribution is -2.38. The molecule has 1 aromatic heterocycles. The number of hydrogen-bond donors (Lipinski definition) is 1. The van der Waals surface area contributed by atoms with Gasteiger partial charge in [-0.3, -0.25) is 4.79 Å². The van der Waals surface area contributed by atoms with Crippen LogP contribution in [0, 0.1) is 5.92 Å². The average Bonchev–Trinajstić information content (AvgIpc) is 2.75. The molecule has 94 valence electrons. The van der Waals surface area contributed by atoms with E-state index in [9.17, 15) is 9.59 Å². The van der Waals surface area contributed by atoms with Crippen LogP contribution in [-0.4, -0.2) is 35.0 Å². The molecular weight excluding hydrogens is 222 g/mol. The van der Waals surface area contributed by atoms with E-state index in [-0.39, 0.29) is 23.3 Å². The van der Waals surface area contributed by atoms with Crippen LogP contribution in [0.2, 0.25) is 0 Å². The van der Waals surface area contributed by atoms with E-state index in [0.717, 1.165) is 6.26 Å². The van der Waals surface area contributed by atoms with Gasteiger partial charge in [-0.05, 0) is 12.8 Å². The topological polar surface area (TPSA) is 70.8 Å². The molecule has 0 spiro atoms. The number of carbonyl (C=O) groups is 2. The summed E-state index contributed by atoms with van der Waals surface area (Å²) in [5.74, 6) is -1.04. The van der Waals surface area contributed by atoms with E-state index in [2.05, 4.69) is 0 Å². The normalized spacial score (nSPS) is 12.5. The molecule has 0 aliphatic carbocycles. The molecule has 0 bridgehead atoms. The van der Waals surface area contributed by atoms with Gasteiger partial charge in [-0.2, -0.15) is 0 Å². The number of amides is 1. The molecule has 1 aromatic rings. The minimum absolute atomic E-state index is 0.0149. The highest BCUT2D eigenvalue weighted by molar-refractivity contribution is 5.95. The first-order valence-electron chi connectivity index (χ1n) is 5.43. The molecule has 1 unspecified atom stereocenters. The van der Waals surface area contributed by atoms with Gasteiger partial charge in [0.25, 0.3) is 5.91 Å². The molecule has 1 rings (SSSR count). The molecule has 0 saturated carbocycles. The summed E-state index contributed by atoms with van der Waals surface area (Å²) in [4.78, 5) is 24.2. The van der Waals surface area contributed by atoms with Crippen LogP contribution in [0.5, 0.6) is 0 Å². The maximum Gasteiger partial charge on any atom is 0.338 e. The van der Waals surface area contributed by atoms with Crippen LogP contribution >= 0.6 is 0 Å². The predicted molar refractivity (Wildman–Crippen MR) is 62.1 cm³/mol. The molecule has 0 fully saturated rings. The van der Waals surface area contributed by atoms with Gasteiger partial charge in [0.2, 0.25) is 0 Å². The van der Waals surface area contributed by atoms with E-state index in [0.29, 0.717) is 5.92 Å². The minimum atomic E-state index is -1.10. The molecular formula is C12H17NO4. The lowest BCUT2D eigenvalue weighted by molar-refractivity contribution is 0.0672. The highest BCUT2D eigenvalue weighted by atomic mass is 16.4. The highest BCUT2D eigenvalue weighted by Crippen LogP contribution is 2.14. The van der Waals surface area contributed by atoms with Crippen molar-refractivity contribution >= 4 is 11.9 Å². The Morgan fingerprint density at radius 1 is 1.35 bits per heavy atom. The number of nitrogens with zero attached hydrogens (tertiary/aromatic N) is 1. The first kappa shape index (κ1) is 13.3. The molecule has 1 heterocycles. The number of aromatic carboxylic acids is 1. The molecule has 0 saturated heterocycles. The van der Waals surface area contributed by atoms with E-state index >= 15 is 0 Å². The number of carboxylic acids is 1. The van der Waals surface area contributed by atoms with Crippen molar-refractivity contribution in [2.24, 2.45) is 5.92 Å². The Balaban J connectivity index is 2.85. The van der Waals surface area contributed by atoms with Gasteiger partial charge in [-0.1, -0.05) is 13.8 Å². The van der Waals surface area contributed by atoms with E-state index in [1.807, 2.05) is 20.8 Å². The maximum atomic E-state index is 12.0. The van der Waals surface area contributed by atoms with Crippen LogP contribution < -0.4 is 0 Å². The largest absolute Gasteiger partial charge is 0.478 e. The van der Waals surface area contributed by atoms with Crippen LogP contribution in [0.3, 0.4) is 0 Å². The van der Waals surface area contributed by atoms with Crippen LogP contribution in [0.15, 0.2) is 16.7 Å². The Morgan fingerprint density at radius 2 is 1.94 bits per heavy atom. The lowest BCUT2D eigenvalue weighted by atomic mass is 10.1. The van der Waals surface area contributed by atoms with Crippen molar-refractivity contribution < 1.29 is 19.1 Å². The van der Waals surface area contributed by atoms with Crippen LogP contribution in [0.4, 0.5) is 0 Å². The number of furan rings is 1. The standard InChI is InChI=1S/C12H17NO4/c1-7(2)8(3)13(4)11(14)10-5-9(6-17-10)12(15)16/h5-8H,1-4H3,(H,15,16). The molecule has 1 amide bonds. The molecule has 1 N–H and O–H groups in total. The predicted octanol–water partition coefficient (Wildman–Crippen LogP) is 2.09. The summed E-state index contributed by atoms with van der Waals surface area (Å²) in [6.45, 7) is 5.96. The van der Waals surface area contributed by atoms with E-state index < -0.39 is 5.97 Å². The summed E-state index contributed by atoms with van der Waals surface area (Å²) in [7, 11) is 1.68. The van der Waals surface area contributed by atoms with Crippen molar-refractivity contribution in [3.8, 4) is 0 Å². The third kappa shape index (κ3) is 2.87. The first-order chi connectivity index (χ1) is 7.84. The zero-order chi connectivity index (χ0) is 13.2. The average molecular weight is 239 g/mol. The monoisotopic (exact) mass is 239 g/mol. The molecule has 0 aliphatic rings. The number of carbonyl (C=O) groups excluding carboxylic acids is 1. The van der Waals surface area contributed by atoms with Gasteiger partial charge in [0, 0.05) is 19.2 Å². The SMILES string of the molecule is CC(C)C(C)N(C)C(=O)c1cc(C(=O)O)co1. The van der Waals surface area contributed by atoms with Gasteiger partial charge in [0.15, 0.2) is 5.76 Å². The molecule has 1 atom stereocenters. The fourth-order valence-electron chi connectivity index (χ4n) is 1.37. The summed E-state index contributed by atoms with van der Waals surface area (Å²) in [5.41, 5.74) is -0.0149. The third-order valence-electron chi connectivity index (χ3n) is 2.95. The number of carboxylic acid groups (broad SMARTS) is 1. The quantitative estimate of drug-likeness (QED) is 0.873. The third-order valence-corrected chi connectivity index (χ3v) is 2.95. The lowest BCUT2D eigenvalue weighted by Gasteiger charge is -2.27. The van der Waals surface area contributed by atoms with Crippen LogP contribution in [0.1, 0.15) is 41.7 Å². The van der Waals surface area contributed by atoms with E-state index in [1.54, 1.807) is 11.9 Å². The molecule has 5 nitrogen and oxygen atoms in total. The van der Waals surface area contributed by atoms with Gasteiger partial charge in [0.05, 0.1) is 5.56 Å². The smallest absolute Gasteiger partial charge is 0.338 e. The van der Waals surface area contributed by atoms with Crippen molar-refractivity contribution in [2.75, 3.05) is 7.05 Å². The van der Waals surface area contributed by atoms with E-state index in [4.69, 9.17) is 9.52 Å². The summed E-state index contributed by atoms with van der Waals surface area (Å²) in [6, 6.07) is 1.30. The van der Waals surface area contributed by atoms with Crippen molar-refractivity contribution in [2.45, 2.75) is 26.8 Å². The first-order valence-corrected chi connectivity index (χ1v) is 5.43. The Labute approximate surface area is 100 Å². The van der Waals surface area contributed by atoms with Crippen molar-refractivity contribution in [3.05, 3.63) is 23.7 Å². The Bertz CT molecular complexity index is 422. The van der Waals surface area contributed by atoms with Crippen LogP contribution in [-0.2, 0) is 0 Å². The van der Waals surface area contributed by atoms with Gasteiger partial charge < -0.3 is 14.4 Å². The molecule has 17 heavy (non-hydrogen) atoms. The summed E-state index contributed by atoms with van der Waals surface area (Å²) in [5, 5.41) is 8.73. The Hall–Kier alpha value is -1.78. The second-order valence-electron chi connectivity index (χ2n) is 4.41. The zero-order valence-corrected chi connectivity index (χ0v) is 10.4. The molecule has 0 aromatic carbocycles. The van der Waals surface area contributed by atoms with Gasteiger partial charge >= 0.3 is 5.97 Å². The fourth-order valence-corrected chi connectivity index (χ4v) is 1.37. The fraction of sp³-hybridized carbons (Fsp3) is 0.500. The van der Waals surface area contributed by atoms with Gasteiger partial charge in [-0.25, -0.2) is 4.79 Å². The summed E-state index contributed by atoms with van der Waals surface area (Å²) < 4.78 is 4.97. The van der Waals surface area contributed by atoms with E-state index in [1.165, 1.54) is 6.07 Å². The Kier molecular flexibility index (Phi) is 3.93. The molecule has 0 radical (unpaired) electrons. The minimum Gasteiger partial charge on any atom is -0.478 e. The summed E-state index contributed by atoms with van der Waals surface area (Å²) >= 11 is 0. The molecule has 5 heteroatoms. The zero-order valence-electron chi connectivity index (χ0n) is 10.4. The number of rotatable bonds is 4. The maximum absolute atomic E-state index is 12.0. The van der Waals surface area contributed by atoms with Crippen molar-refractivity contribution in [3.63, 3.8) is 0 Å². The van der Waals surface area contributed by atoms with Gasteiger partial charge in [0.1, 0.15) is 6.26 Å². The Morgan fingerprint density at radius 3 is 2.35 bits per heavy atom.